The lowest BCUT2D eigenvalue weighted by Crippen LogP contribution is -2.28. The van der Waals surface area contributed by atoms with Crippen molar-refractivity contribution in [2.75, 3.05) is 25.2 Å². The molecule has 0 amide bonds. The number of hydrogen-bond acceptors (Lipinski definition) is 4. The van der Waals surface area contributed by atoms with Crippen LogP contribution in [0.5, 0.6) is 0 Å². The fourth-order valence-corrected chi connectivity index (χ4v) is 3.20. The Labute approximate surface area is 103 Å². The Bertz CT molecular complexity index is 229. The Morgan fingerprint density at radius 2 is 2.25 bits per heavy atom. The Balaban J connectivity index is 2.14. The van der Waals surface area contributed by atoms with Crippen LogP contribution in [0.2, 0.25) is 0 Å². The minimum Gasteiger partial charge on any atom is -0.469 e. The summed E-state index contributed by atoms with van der Waals surface area (Å²) in [7, 11) is 1.47. The first-order valence-corrected chi connectivity index (χ1v) is 7.15. The molecule has 0 heterocycles. The van der Waals surface area contributed by atoms with E-state index < -0.39 is 0 Å². The molecule has 0 spiro atoms. The summed E-state index contributed by atoms with van der Waals surface area (Å²) < 4.78 is 4.73. The Morgan fingerprint density at radius 1 is 1.56 bits per heavy atom. The summed E-state index contributed by atoms with van der Waals surface area (Å²) in [6, 6.07) is 0.559. The zero-order chi connectivity index (χ0) is 12.0. The van der Waals surface area contributed by atoms with Gasteiger partial charge in [-0.25, -0.2) is 0 Å². The molecule has 16 heavy (non-hydrogen) atoms. The van der Waals surface area contributed by atoms with Crippen LogP contribution in [-0.4, -0.2) is 37.2 Å². The smallest absolute Gasteiger partial charge is 0.306 e. The number of esters is 1. The fraction of sp³-hybridized carbons (Fsp3) is 0.917. The molecule has 1 atom stereocenters. The number of methoxy groups -OCH3 is 1. The van der Waals surface area contributed by atoms with Crippen LogP contribution in [0.4, 0.5) is 0 Å². The Hall–Kier alpha value is -0.220. The van der Waals surface area contributed by atoms with E-state index in [0.29, 0.717) is 12.5 Å². The third-order valence-electron chi connectivity index (χ3n) is 3.03. The first-order chi connectivity index (χ1) is 7.62. The predicted octanol–water partition coefficient (Wildman–Crippen LogP) is 2.06. The summed E-state index contributed by atoms with van der Waals surface area (Å²) in [6.07, 6.45) is 2.97. The average molecular weight is 245 g/mol. The number of rotatable bonds is 8. The molecular weight excluding hydrogens is 222 g/mol. The minimum atomic E-state index is -0.0576. The maximum absolute atomic E-state index is 11.2. The van der Waals surface area contributed by atoms with Crippen molar-refractivity contribution in [3.63, 3.8) is 0 Å². The molecule has 0 aromatic rings. The van der Waals surface area contributed by atoms with Crippen molar-refractivity contribution in [1.82, 2.24) is 5.32 Å². The molecule has 1 rings (SSSR count). The van der Waals surface area contributed by atoms with Crippen LogP contribution in [-0.2, 0) is 9.53 Å². The Kier molecular flexibility index (Phi) is 5.62. The van der Waals surface area contributed by atoms with Crippen molar-refractivity contribution in [2.24, 2.45) is 5.41 Å². The van der Waals surface area contributed by atoms with Crippen molar-refractivity contribution in [3.8, 4) is 0 Å². The molecule has 0 saturated heterocycles. The third-order valence-corrected chi connectivity index (χ3v) is 4.58. The number of thioether (sulfide) groups is 1. The van der Waals surface area contributed by atoms with E-state index >= 15 is 0 Å². The number of ether oxygens (including phenoxy) is 1. The van der Waals surface area contributed by atoms with Crippen LogP contribution >= 0.6 is 11.8 Å². The van der Waals surface area contributed by atoms with Gasteiger partial charge in [-0.2, -0.15) is 11.8 Å². The van der Waals surface area contributed by atoms with Crippen molar-refractivity contribution < 1.29 is 9.53 Å². The first kappa shape index (κ1) is 13.8. The van der Waals surface area contributed by atoms with Gasteiger partial charge in [0.1, 0.15) is 0 Å². The topological polar surface area (TPSA) is 38.3 Å². The maximum Gasteiger partial charge on any atom is 0.306 e. The van der Waals surface area contributed by atoms with E-state index in [-0.39, 0.29) is 11.4 Å². The van der Waals surface area contributed by atoms with Crippen molar-refractivity contribution in [3.05, 3.63) is 0 Å². The normalized spacial score (nSPS) is 19.2. The molecule has 1 aliphatic rings. The predicted molar refractivity (Wildman–Crippen MR) is 68.8 cm³/mol. The fourth-order valence-electron chi connectivity index (χ4n) is 1.79. The van der Waals surface area contributed by atoms with Gasteiger partial charge in [0.15, 0.2) is 0 Å². The van der Waals surface area contributed by atoms with Crippen molar-refractivity contribution in [1.29, 1.82) is 0 Å². The van der Waals surface area contributed by atoms with E-state index in [2.05, 4.69) is 19.2 Å². The van der Waals surface area contributed by atoms with Gasteiger partial charge < -0.3 is 10.1 Å². The van der Waals surface area contributed by atoms with Gasteiger partial charge in [-0.05, 0) is 37.5 Å². The standard InChI is InChI=1S/C12H23NO2S/c1-4-13-10(2)8-16-9-12(5-6-12)7-11(14)15-3/h10,13H,4-9H2,1-3H3. The summed E-state index contributed by atoms with van der Waals surface area (Å²) in [4.78, 5) is 11.2. The van der Waals surface area contributed by atoms with E-state index in [1.807, 2.05) is 11.8 Å². The molecular formula is C12H23NO2S. The molecule has 0 aliphatic heterocycles. The molecule has 1 saturated carbocycles. The molecule has 0 aromatic carbocycles. The highest BCUT2D eigenvalue weighted by molar-refractivity contribution is 7.99. The van der Waals surface area contributed by atoms with E-state index in [1.54, 1.807) is 0 Å². The second-order valence-corrected chi connectivity index (χ2v) is 5.76. The van der Waals surface area contributed by atoms with Gasteiger partial charge in [-0.3, -0.25) is 4.79 Å². The van der Waals surface area contributed by atoms with Gasteiger partial charge in [0, 0.05) is 11.8 Å². The average Bonchev–Trinajstić information content (AvgIpc) is 2.98. The van der Waals surface area contributed by atoms with E-state index in [4.69, 9.17) is 4.74 Å². The molecule has 0 radical (unpaired) electrons. The van der Waals surface area contributed by atoms with Crippen LogP contribution in [0.3, 0.4) is 0 Å². The molecule has 3 nitrogen and oxygen atoms in total. The molecule has 94 valence electrons. The third kappa shape index (κ3) is 4.74. The van der Waals surface area contributed by atoms with Gasteiger partial charge in [-0.1, -0.05) is 6.92 Å². The van der Waals surface area contributed by atoms with Crippen LogP contribution in [0.1, 0.15) is 33.1 Å². The first-order valence-electron chi connectivity index (χ1n) is 6.00. The molecule has 4 heteroatoms. The van der Waals surface area contributed by atoms with Gasteiger partial charge >= 0.3 is 5.97 Å². The monoisotopic (exact) mass is 245 g/mol. The van der Waals surface area contributed by atoms with Gasteiger partial charge in [0.2, 0.25) is 0 Å². The van der Waals surface area contributed by atoms with Crippen LogP contribution in [0, 0.1) is 5.41 Å². The molecule has 0 aromatic heterocycles. The largest absolute Gasteiger partial charge is 0.469 e. The summed E-state index contributed by atoms with van der Waals surface area (Å²) >= 11 is 1.95. The van der Waals surface area contributed by atoms with Crippen LogP contribution < -0.4 is 5.32 Å². The molecule has 1 unspecified atom stereocenters. The molecule has 0 bridgehead atoms. The summed E-state index contributed by atoms with van der Waals surface area (Å²) in [5, 5.41) is 3.39. The van der Waals surface area contributed by atoms with Crippen molar-refractivity contribution in [2.45, 2.75) is 39.2 Å². The number of carbonyl (C=O) groups is 1. The number of nitrogens with one attached hydrogen (secondary N) is 1. The number of hydrogen-bond donors (Lipinski definition) is 1. The van der Waals surface area contributed by atoms with Gasteiger partial charge in [0.25, 0.3) is 0 Å². The van der Waals surface area contributed by atoms with E-state index in [9.17, 15) is 4.79 Å². The highest BCUT2D eigenvalue weighted by Gasteiger charge is 2.44. The van der Waals surface area contributed by atoms with Gasteiger partial charge in [0.05, 0.1) is 13.5 Å². The lowest BCUT2D eigenvalue weighted by atomic mass is 10.1. The lowest BCUT2D eigenvalue weighted by Gasteiger charge is -2.16. The molecule has 1 fully saturated rings. The summed E-state index contributed by atoms with van der Waals surface area (Å²) in [5.74, 6) is 2.16. The highest BCUT2D eigenvalue weighted by atomic mass is 32.2. The zero-order valence-corrected chi connectivity index (χ0v) is 11.4. The quantitative estimate of drug-likeness (QED) is 0.664. The molecule has 1 N–H and O–H groups in total. The number of carbonyl (C=O) groups excluding carboxylic acids is 1. The van der Waals surface area contributed by atoms with Crippen LogP contribution in [0.25, 0.3) is 0 Å². The van der Waals surface area contributed by atoms with E-state index in [0.717, 1.165) is 18.1 Å². The summed E-state index contributed by atoms with van der Waals surface area (Å²) in [5.41, 5.74) is 0.268. The highest BCUT2D eigenvalue weighted by Crippen LogP contribution is 2.51. The van der Waals surface area contributed by atoms with Gasteiger partial charge in [-0.15, -0.1) is 0 Å². The second-order valence-electron chi connectivity index (χ2n) is 4.73. The molecule has 1 aliphatic carbocycles. The Morgan fingerprint density at radius 3 is 2.75 bits per heavy atom. The lowest BCUT2D eigenvalue weighted by molar-refractivity contribution is -0.141. The van der Waals surface area contributed by atoms with Crippen LogP contribution in [0.15, 0.2) is 0 Å². The SMILES string of the molecule is CCNC(C)CSCC1(CC(=O)OC)CC1. The maximum atomic E-state index is 11.2. The van der Waals surface area contributed by atoms with Crippen molar-refractivity contribution >= 4 is 17.7 Å². The zero-order valence-electron chi connectivity index (χ0n) is 10.5. The summed E-state index contributed by atoms with van der Waals surface area (Å²) in [6.45, 7) is 5.35. The van der Waals surface area contributed by atoms with E-state index in [1.165, 1.54) is 20.0 Å². The minimum absolute atomic E-state index is 0.0576. The second kappa shape index (κ2) is 6.50.